The maximum absolute atomic E-state index is 5.76. The minimum Gasteiger partial charge on any atom is -0.383 e. The lowest BCUT2D eigenvalue weighted by atomic mass is 10.3. The van der Waals surface area contributed by atoms with E-state index in [4.69, 9.17) is 15.0 Å². The Morgan fingerprint density at radius 2 is 2.44 bits per heavy atom. The standard InChI is InChI=1S/C9H13N5O2/c1-14-4-6(3-11-14)8-12-9(16-13-8)7(10)5-15-2/h3-4,7H,5,10H2,1-2H3. The van der Waals surface area contributed by atoms with Crippen molar-refractivity contribution >= 4 is 0 Å². The monoisotopic (exact) mass is 223 g/mol. The molecule has 1 atom stereocenters. The molecule has 0 aromatic carbocycles. The SMILES string of the molecule is COCC(N)c1nc(-c2cnn(C)c2)no1. The topological polar surface area (TPSA) is 92.0 Å². The molecule has 0 aliphatic carbocycles. The van der Waals surface area contributed by atoms with Crippen molar-refractivity contribution in [2.24, 2.45) is 12.8 Å². The molecule has 0 aliphatic heterocycles. The zero-order valence-corrected chi connectivity index (χ0v) is 9.12. The molecule has 2 rings (SSSR count). The number of ether oxygens (including phenoxy) is 1. The van der Waals surface area contributed by atoms with E-state index in [0.29, 0.717) is 18.3 Å². The maximum Gasteiger partial charge on any atom is 0.246 e. The Bertz CT molecular complexity index is 464. The van der Waals surface area contributed by atoms with Gasteiger partial charge in [-0.1, -0.05) is 5.16 Å². The summed E-state index contributed by atoms with van der Waals surface area (Å²) in [4.78, 5) is 4.18. The van der Waals surface area contributed by atoms with Crippen LogP contribution in [-0.4, -0.2) is 33.6 Å². The van der Waals surface area contributed by atoms with Crippen molar-refractivity contribution in [3.63, 3.8) is 0 Å². The van der Waals surface area contributed by atoms with Gasteiger partial charge in [-0.25, -0.2) is 0 Å². The number of aryl methyl sites for hydroxylation is 1. The number of nitrogens with two attached hydrogens (primary N) is 1. The first-order chi connectivity index (χ1) is 7.70. The fourth-order valence-electron chi connectivity index (χ4n) is 1.29. The molecule has 16 heavy (non-hydrogen) atoms. The summed E-state index contributed by atoms with van der Waals surface area (Å²) in [6.07, 6.45) is 3.47. The molecule has 2 aromatic heterocycles. The van der Waals surface area contributed by atoms with Crippen molar-refractivity contribution in [1.82, 2.24) is 19.9 Å². The van der Waals surface area contributed by atoms with E-state index in [0.717, 1.165) is 5.56 Å². The Balaban J connectivity index is 2.19. The normalized spacial score (nSPS) is 12.9. The van der Waals surface area contributed by atoms with Crippen LogP contribution in [0.15, 0.2) is 16.9 Å². The molecular formula is C9H13N5O2. The van der Waals surface area contributed by atoms with Crippen LogP contribution < -0.4 is 5.73 Å². The van der Waals surface area contributed by atoms with E-state index in [2.05, 4.69) is 15.2 Å². The molecule has 0 spiro atoms. The summed E-state index contributed by atoms with van der Waals surface area (Å²) in [5.74, 6) is 0.843. The van der Waals surface area contributed by atoms with Gasteiger partial charge in [-0.3, -0.25) is 4.68 Å². The van der Waals surface area contributed by atoms with E-state index in [1.165, 1.54) is 0 Å². The Morgan fingerprint density at radius 3 is 3.06 bits per heavy atom. The number of hydrogen-bond acceptors (Lipinski definition) is 6. The van der Waals surface area contributed by atoms with Crippen molar-refractivity contribution in [2.45, 2.75) is 6.04 Å². The molecule has 0 saturated heterocycles. The van der Waals surface area contributed by atoms with Crippen LogP contribution in [0.2, 0.25) is 0 Å². The number of aromatic nitrogens is 4. The number of methoxy groups -OCH3 is 1. The predicted octanol–water partition coefficient (Wildman–Crippen LogP) is 0.116. The van der Waals surface area contributed by atoms with E-state index in [1.54, 1.807) is 24.2 Å². The third-order valence-electron chi connectivity index (χ3n) is 2.07. The van der Waals surface area contributed by atoms with Gasteiger partial charge in [-0.2, -0.15) is 10.1 Å². The molecule has 2 heterocycles. The fourth-order valence-corrected chi connectivity index (χ4v) is 1.29. The smallest absolute Gasteiger partial charge is 0.246 e. The maximum atomic E-state index is 5.76. The molecule has 0 bridgehead atoms. The summed E-state index contributed by atoms with van der Waals surface area (Å²) >= 11 is 0. The highest BCUT2D eigenvalue weighted by molar-refractivity contribution is 5.51. The molecule has 0 amide bonds. The summed E-state index contributed by atoms with van der Waals surface area (Å²) in [5.41, 5.74) is 6.55. The molecular weight excluding hydrogens is 210 g/mol. The number of hydrogen-bond donors (Lipinski definition) is 1. The Hall–Kier alpha value is -1.73. The van der Waals surface area contributed by atoms with Crippen molar-refractivity contribution in [3.05, 3.63) is 18.3 Å². The summed E-state index contributed by atoms with van der Waals surface area (Å²) in [6.45, 7) is 0.342. The van der Waals surface area contributed by atoms with E-state index < -0.39 is 6.04 Å². The number of nitrogens with zero attached hydrogens (tertiary/aromatic N) is 4. The highest BCUT2D eigenvalue weighted by Crippen LogP contribution is 2.16. The summed E-state index contributed by atoms with van der Waals surface area (Å²) < 4.78 is 11.6. The Kier molecular flexibility index (Phi) is 2.97. The third kappa shape index (κ3) is 2.10. The number of rotatable bonds is 4. The van der Waals surface area contributed by atoms with Crippen LogP contribution in [0.4, 0.5) is 0 Å². The van der Waals surface area contributed by atoms with Crippen LogP contribution >= 0.6 is 0 Å². The van der Waals surface area contributed by atoms with Gasteiger partial charge in [0.25, 0.3) is 0 Å². The molecule has 7 nitrogen and oxygen atoms in total. The first-order valence-corrected chi connectivity index (χ1v) is 4.78. The van der Waals surface area contributed by atoms with Crippen LogP contribution in [0.1, 0.15) is 11.9 Å². The molecule has 0 aliphatic rings. The van der Waals surface area contributed by atoms with Crippen molar-refractivity contribution in [2.75, 3.05) is 13.7 Å². The van der Waals surface area contributed by atoms with Gasteiger partial charge in [0.05, 0.1) is 18.4 Å². The molecule has 2 aromatic rings. The van der Waals surface area contributed by atoms with Gasteiger partial charge in [-0.15, -0.1) is 0 Å². The lowest BCUT2D eigenvalue weighted by Gasteiger charge is -2.02. The zero-order chi connectivity index (χ0) is 11.5. The Morgan fingerprint density at radius 1 is 1.62 bits per heavy atom. The molecule has 2 N–H and O–H groups in total. The van der Waals surface area contributed by atoms with Gasteiger partial charge in [0.1, 0.15) is 6.04 Å². The van der Waals surface area contributed by atoms with Crippen LogP contribution in [0.25, 0.3) is 11.4 Å². The molecule has 0 radical (unpaired) electrons. The zero-order valence-electron chi connectivity index (χ0n) is 9.12. The van der Waals surface area contributed by atoms with Crippen LogP contribution in [-0.2, 0) is 11.8 Å². The van der Waals surface area contributed by atoms with Gasteiger partial charge >= 0.3 is 0 Å². The second-order valence-electron chi connectivity index (χ2n) is 3.42. The highest BCUT2D eigenvalue weighted by atomic mass is 16.5. The predicted molar refractivity (Wildman–Crippen MR) is 55.3 cm³/mol. The quantitative estimate of drug-likeness (QED) is 0.791. The largest absolute Gasteiger partial charge is 0.383 e. The summed E-state index contributed by atoms with van der Waals surface area (Å²) in [6, 6.07) is -0.400. The second kappa shape index (κ2) is 4.42. The van der Waals surface area contributed by atoms with Gasteiger partial charge < -0.3 is 15.0 Å². The minimum atomic E-state index is -0.400. The molecule has 7 heteroatoms. The lowest BCUT2D eigenvalue weighted by molar-refractivity contribution is 0.166. The average molecular weight is 223 g/mol. The van der Waals surface area contributed by atoms with Crippen molar-refractivity contribution in [3.8, 4) is 11.4 Å². The van der Waals surface area contributed by atoms with Crippen molar-refractivity contribution < 1.29 is 9.26 Å². The fraction of sp³-hybridized carbons (Fsp3) is 0.444. The van der Waals surface area contributed by atoms with Crippen molar-refractivity contribution in [1.29, 1.82) is 0 Å². The van der Waals surface area contributed by atoms with E-state index in [9.17, 15) is 0 Å². The van der Waals surface area contributed by atoms with Crippen LogP contribution in [0, 0.1) is 0 Å². The van der Waals surface area contributed by atoms with Gasteiger partial charge in [0, 0.05) is 20.4 Å². The molecule has 0 fully saturated rings. The minimum absolute atomic E-state index is 0.342. The van der Waals surface area contributed by atoms with E-state index in [1.807, 2.05) is 7.05 Å². The third-order valence-corrected chi connectivity index (χ3v) is 2.07. The highest BCUT2D eigenvalue weighted by Gasteiger charge is 2.16. The lowest BCUT2D eigenvalue weighted by Crippen LogP contribution is -2.16. The summed E-state index contributed by atoms with van der Waals surface area (Å²) in [7, 11) is 3.39. The van der Waals surface area contributed by atoms with Crippen LogP contribution in [0.3, 0.4) is 0 Å². The van der Waals surface area contributed by atoms with Gasteiger partial charge in [-0.05, 0) is 0 Å². The average Bonchev–Trinajstić information content (AvgIpc) is 2.85. The second-order valence-corrected chi connectivity index (χ2v) is 3.42. The molecule has 0 saturated carbocycles. The molecule has 1 unspecified atom stereocenters. The Labute approximate surface area is 92.2 Å². The summed E-state index contributed by atoms with van der Waals surface area (Å²) in [5, 5.41) is 7.85. The van der Waals surface area contributed by atoms with E-state index >= 15 is 0 Å². The molecule has 86 valence electrons. The van der Waals surface area contributed by atoms with Crippen LogP contribution in [0.5, 0.6) is 0 Å². The first-order valence-electron chi connectivity index (χ1n) is 4.78. The van der Waals surface area contributed by atoms with Gasteiger partial charge in [0.15, 0.2) is 0 Å². The van der Waals surface area contributed by atoms with Gasteiger partial charge in [0.2, 0.25) is 11.7 Å². The van der Waals surface area contributed by atoms with E-state index in [-0.39, 0.29) is 0 Å². The first kappa shape index (κ1) is 10.8.